The van der Waals surface area contributed by atoms with E-state index < -0.39 is 21.1 Å². The predicted molar refractivity (Wildman–Crippen MR) is 62.6 cm³/mol. The number of carbonyl (C=O) groups excluding carboxylic acids is 1. The van der Waals surface area contributed by atoms with Gasteiger partial charge in [0.2, 0.25) is 15.9 Å². The fourth-order valence-electron chi connectivity index (χ4n) is 1.16. The van der Waals surface area contributed by atoms with E-state index in [-0.39, 0.29) is 6.42 Å². The quantitative estimate of drug-likeness (QED) is 0.764. The van der Waals surface area contributed by atoms with Crippen molar-refractivity contribution < 1.29 is 13.2 Å². The third-order valence-corrected chi connectivity index (χ3v) is 3.47. The summed E-state index contributed by atoms with van der Waals surface area (Å²) in [6.07, 6.45) is -0.0268. The summed E-state index contributed by atoms with van der Waals surface area (Å²) >= 11 is 5.26. The van der Waals surface area contributed by atoms with Crippen molar-refractivity contribution in [3.63, 3.8) is 0 Å². The number of carbonyl (C=O) groups is 1. The van der Waals surface area contributed by atoms with E-state index in [1.54, 1.807) is 24.3 Å². The van der Waals surface area contributed by atoms with E-state index in [0.717, 1.165) is 0 Å². The fraction of sp³-hybridized carbons (Fsp3) is 0.222. The highest BCUT2D eigenvalue weighted by Crippen LogP contribution is 2.17. The van der Waals surface area contributed by atoms with Gasteiger partial charge in [0, 0.05) is 0 Å². The van der Waals surface area contributed by atoms with Gasteiger partial charge in [0.05, 0.1) is 12.1 Å². The SMILES string of the molecule is NC(=O)Cc1ccccc1NS(=O)(=O)CCl. The van der Waals surface area contributed by atoms with Crippen LogP contribution in [0.1, 0.15) is 5.56 Å². The van der Waals surface area contributed by atoms with E-state index in [1.165, 1.54) is 0 Å². The summed E-state index contributed by atoms with van der Waals surface area (Å²) in [6, 6.07) is 6.51. The molecule has 0 aliphatic heterocycles. The lowest BCUT2D eigenvalue weighted by atomic mass is 10.1. The molecule has 0 aromatic heterocycles. The van der Waals surface area contributed by atoms with Crippen LogP contribution < -0.4 is 10.5 Å². The largest absolute Gasteiger partial charge is 0.369 e. The van der Waals surface area contributed by atoms with Gasteiger partial charge in [0.25, 0.3) is 0 Å². The Hall–Kier alpha value is -1.27. The molecule has 0 fully saturated rings. The van der Waals surface area contributed by atoms with Gasteiger partial charge in [-0.2, -0.15) is 0 Å². The first-order valence-electron chi connectivity index (χ1n) is 4.37. The van der Waals surface area contributed by atoms with Crippen LogP contribution in [-0.2, 0) is 21.2 Å². The van der Waals surface area contributed by atoms with Crippen LogP contribution in [0.25, 0.3) is 0 Å². The number of sulfonamides is 1. The molecule has 3 N–H and O–H groups in total. The molecule has 5 nitrogen and oxygen atoms in total. The van der Waals surface area contributed by atoms with Crippen LogP contribution in [0.15, 0.2) is 24.3 Å². The Kier molecular flexibility index (Phi) is 4.14. The first-order valence-corrected chi connectivity index (χ1v) is 6.56. The lowest BCUT2D eigenvalue weighted by Crippen LogP contribution is -2.18. The Labute approximate surface area is 98.6 Å². The second-order valence-corrected chi connectivity index (χ2v) is 5.43. The van der Waals surface area contributed by atoms with E-state index >= 15 is 0 Å². The molecule has 7 heteroatoms. The maximum Gasteiger partial charge on any atom is 0.246 e. The number of nitrogens with one attached hydrogen (secondary N) is 1. The number of benzene rings is 1. The van der Waals surface area contributed by atoms with Gasteiger partial charge in [-0.15, -0.1) is 11.6 Å². The van der Waals surface area contributed by atoms with Crippen molar-refractivity contribution in [3.05, 3.63) is 29.8 Å². The second-order valence-electron chi connectivity index (χ2n) is 3.13. The first-order chi connectivity index (χ1) is 7.44. The van der Waals surface area contributed by atoms with E-state index in [2.05, 4.69) is 4.72 Å². The van der Waals surface area contributed by atoms with Crippen molar-refractivity contribution in [2.45, 2.75) is 6.42 Å². The molecule has 0 saturated heterocycles. The average molecular weight is 263 g/mol. The monoisotopic (exact) mass is 262 g/mol. The third kappa shape index (κ3) is 3.71. The Morgan fingerprint density at radius 1 is 1.38 bits per heavy atom. The van der Waals surface area contributed by atoms with Gasteiger partial charge in [-0.05, 0) is 11.6 Å². The van der Waals surface area contributed by atoms with Crippen LogP contribution in [0.3, 0.4) is 0 Å². The zero-order valence-electron chi connectivity index (χ0n) is 8.31. The summed E-state index contributed by atoms with van der Waals surface area (Å²) in [5, 5.41) is -0.544. The highest BCUT2D eigenvalue weighted by Gasteiger charge is 2.11. The molecule has 0 atom stereocenters. The summed E-state index contributed by atoms with van der Waals surface area (Å²) in [5.41, 5.74) is 5.89. The molecular formula is C9H11ClN2O3S. The zero-order valence-corrected chi connectivity index (χ0v) is 9.88. The summed E-state index contributed by atoms with van der Waals surface area (Å²) in [7, 11) is -3.57. The Morgan fingerprint density at radius 3 is 2.56 bits per heavy atom. The number of primary amides is 1. The molecule has 1 aromatic carbocycles. The second kappa shape index (κ2) is 5.18. The Balaban J connectivity index is 3.00. The van der Waals surface area contributed by atoms with Gasteiger partial charge >= 0.3 is 0 Å². The summed E-state index contributed by atoms with van der Waals surface area (Å²) in [6.45, 7) is 0. The minimum Gasteiger partial charge on any atom is -0.369 e. The fourth-order valence-corrected chi connectivity index (χ4v) is 1.91. The van der Waals surface area contributed by atoms with E-state index in [0.29, 0.717) is 11.3 Å². The number of nitrogens with two attached hydrogens (primary N) is 1. The standard InChI is InChI=1S/C9H11ClN2O3S/c10-6-16(14,15)12-8-4-2-1-3-7(8)5-9(11)13/h1-4,12H,5-6H2,(H2,11,13). The number of amides is 1. The van der Waals surface area contributed by atoms with Crippen molar-refractivity contribution >= 4 is 33.2 Å². The number of hydrogen-bond acceptors (Lipinski definition) is 3. The van der Waals surface area contributed by atoms with E-state index in [4.69, 9.17) is 17.3 Å². The number of hydrogen-bond donors (Lipinski definition) is 2. The first kappa shape index (κ1) is 12.8. The topological polar surface area (TPSA) is 89.3 Å². The van der Waals surface area contributed by atoms with Crippen LogP contribution in [0, 0.1) is 0 Å². The summed E-state index contributed by atoms with van der Waals surface area (Å²) in [5.74, 6) is -0.530. The maximum atomic E-state index is 11.2. The molecule has 1 rings (SSSR count). The Morgan fingerprint density at radius 2 is 2.00 bits per heavy atom. The molecule has 0 bridgehead atoms. The smallest absolute Gasteiger partial charge is 0.246 e. The minimum absolute atomic E-state index is 0.0268. The molecule has 0 unspecified atom stereocenters. The molecule has 16 heavy (non-hydrogen) atoms. The van der Waals surface area contributed by atoms with Crippen molar-refractivity contribution in [1.29, 1.82) is 0 Å². The number of rotatable bonds is 5. The zero-order chi connectivity index (χ0) is 12.2. The van der Waals surface area contributed by atoms with Crippen LogP contribution in [-0.4, -0.2) is 19.5 Å². The van der Waals surface area contributed by atoms with E-state index in [9.17, 15) is 13.2 Å². The summed E-state index contributed by atoms with van der Waals surface area (Å²) < 4.78 is 24.8. The highest BCUT2D eigenvalue weighted by atomic mass is 35.5. The van der Waals surface area contributed by atoms with Gasteiger partial charge in [-0.1, -0.05) is 18.2 Å². The van der Waals surface area contributed by atoms with Crippen molar-refractivity contribution in [2.75, 3.05) is 9.93 Å². The molecule has 0 heterocycles. The van der Waals surface area contributed by atoms with Crippen molar-refractivity contribution in [1.82, 2.24) is 0 Å². The van der Waals surface area contributed by atoms with Gasteiger partial charge in [-0.3, -0.25) is 9.52 Å². The van der Waals surface area contributed by atoms with E-state index in [1.807, 2.05) is 0 Å². The lowest BCUT2D eigenvalue weighted by Gasteiger charge is -2.09. The average Bonchev–Trinajstić information content (AvgIpc) is 2.20. The minimum atomic E-state index is -3.57. The number of para-hydroxylation sites is 1. The lowest BCUT2D eigenvalue weighted by molar-refractivity contribution is -0.117. The molecule has 1 aromatic rings. The number of halogens is 1. The molecule has 1 amide bonds. The summed E-state index contributed by atoms with van der Waals surface area (Å²) in [4.78, 5) is 10.8. The third-order valence-electron chi connectivity index (χ3n) is 1.79. The number of anilines is 1. The molecule has 0 saturated carbocycles. The molecular weight excluding hydrogens is 252 g/mol. The molecule has 0 aliphatic carbocycles. The molecule has 0 spiro atoms. The van der Waals surface area contributed by atoms with Gasteiger partial charge in [0.1, 0.15) is 5.21 Å². The Bertz CT molecular complexity index is 487. The van der Waals surface area contributed by atoms with Crippen molar-refractivity contribution in [2.24, 2.45) is 5.73 Å². The predicted octanol–water partition coefficient (Wildman–Crippen LogP) is 0.652. The van der Waals surface area contributed by atoms with Crippen LogP contribution >= 0.6 is 11.6 Å². The maximum absolute atomic E-state index is 11.2. The van der Waals surface area contributed by atoms with Crippen LogP contribution in [0.5, 0.6) is 0 Å². The molecule has 88 valence electrons. The van der Waals surface area contributed by atoms with Crippen molar-refractivity contribution in [3.8, 4) is 0 Å². The van der Waals surface area contributed by atoms with Gasteiger partial charge in [0.15, 0.2) is 0 Å². The molecule has 0 aliphatic rings. The van der Waals surface area contributed by atoms with Crippen LogP contribution in [0.4, 0.5) is 5.69 Å². The number of alkyl halides is 1. The van der Waals surface area contributed by atoms with Gasteiger partial charge < -0.3 is 5.73 Å². The van der Waals surface area contributed by atoms with Crippen LogP contribution in [0.2, 0.25) is 0 Å². The molecule has 0 radical (unpaired) electrons. The van der Waals surface area contributed by atoms with Gasteiger partial charge in [-0.25, -0.2) is 8.42 Å². The highest BCUT2D eigenvalue weighted by molar-refractivity contribution is 7.93. The normalized spacial score (nSPS) is 11.1.